The van der Waals surface area contributed by atoms with Crippen LogP contribution in [0.15, 0.2) is 24.3 Å². The lowest BCUT2D eigenvalue weighted by atomic mass is 10.1. The first-order valence-electron chi connectivity index (χ1n) is 6.89. The molecule has 1 aromatic rings. The fraction of sp³-hybridized carbons (Fsp3) is 0.500. The Balaban J connectivity index is 0.00000288. The van der Waals surface area contributed by atoms with E-state index < -0.39 is 37.2 Å². The molecule has 24 heavy (non-hydrogen) atoms. The van der Waals surface area contributed by atoms with Gasteiger partial charge in [0.15, 0.2) is 0 Å². The van der Waals surface area contributed by atoms with Crippen LogP contribution in [0.4, 0.5) is 22.0 Å². The van der Waals surface area contributed by atoms with Gasteiger partial charge in [-0.1, -0.05) is 18.2 Å². The summed E-state index contributed by atoms with van der Waals surface area (Å²) in [5, 5.41) is 4.83. The van der Waals surface area contributed by atoms with Crippen molar-refractivity contribution in [1.29, 1.82) is 0 Å². The van der Waals surface area contributed by atoms with E-state index in [1.165, 1.54) is 18.2 Å². The molecule has 0 aliphatic carbocycles. The Morgan fingerprint density at radius 1 is 1.33 bits per heavy atom. The average molecular weight is 375 g/mol. The third kappa shape index (κ3) is 6.12. The minimum Gasteiger partial charge on any atom is -0.406 e. The van der Waals surface area contributed by atoms with Crippen LogP contribution in [0.2, 0.25) is 0 Å². The molecule has 0 aromatic heterocycles. The molecule has 2 rings (SSSR count). The first kappa shape index (κ1) is 20.4. The summed E-state index contributed by atoms with van der Waals surface area (Å²) < 4.78 is 66.7. The van der Waals surface area contributed by atoms with E-state index in [1.807, 2.05) is 0 Å². The molecular weight excluding hydrogens is 359 g/mol. The molecule has 1 fully saturated rings. The van der Waals surface area contributed by atoms with E-state index in [0.29, 0.717) is 0 Å². The van der Waals surface area contributed by atoms with Crippen LogP contribution in [0, 0.1) is 0 Å². The predicted molar refractivity (Wildman–Crippen MR) is 78.4 cm³/mol. The highest BCUT2D eigenvalue weighted by molar-refractivity contribution is 5.85. The molecule has 10 heteroatoms. The van der Waals surface area contributed by atoms with Gasteiger partial charge in [0.1, 0.15) is 5.75 Å². The molecule has 1 aromatic carbocycles. The van der Waals surface area contributed by atoms with Gasteiger partial charge in [-0.15, -0.1) is 25.6 Å². The Morgan fingerprint density at radius 2 is 2.00 bits per heavy atom. The number of halogens is 6. The highest BCUT2D eigenvalue weighted by Gasteiger charge is 2.42. The summed E-state index contributed by atoms with van der Waals surface area (Å²) in [6.45, 7) is -0.547. The Hall–Kier alpha value is -1.61. The van der Waals surface area contributed by atoms with Gasteiger partial charge in [-0.05, 0) is 18.1 Å². The molecule has 0 bridgehead atoms. The fourth-order valence-electron chi connectivity index (χ4n) is 2.28. The summed E-state index contributed by atoms with van der Waals surface area (Å²) in [6.07, 6.45) is -5.31. The maximum atomic E-state index is 13.0. The average Bonchev–Trinajstić information content (AvgIpc) is 2.79. The van der Waals surface area contributed by atoms with E-state index in [-0.39, 0.29) is 36.7 Å². The highest BCUT2D eigenvalue weighted by Crippen LogP contribution is 2.27. The predicted octanol–water partition coefficient (Wildman–Crippen LogP) is 2.66. The molecule has 1 amide bonds. The summed E-state index contributed by atoms with van der Waals surface area (Å²) in [7, 11) is 0. The Labute approximate surface area is 141 Å². The molecule has 1 heterocycles. The van der Waals surface area contributed by atoms with Crippen molar-refractivity contribution >= 4 is 18.3 Å². The number of amides is 1. The van der Waals surface area contributed by atoms with Crippen LogP contribution in [-0.2, 0) is 11.2 Å². The molecule has 4 nitrogen and oxygen atoms in total. The van der Waals surface area contributed by atoms with Gasteiger partial charge >= 0.3 is 6.36 Å². The molecule has 1 aliphatic heterocycles. The number of hydrogen-bond acceptors (Lipinski definition) is 3. The van der Waals surface area contributed by atoms with Crippen LogP contribution in [-0.4, -0.2) is 37.3 Å². The molecule has 0 saturated carbocycles. The molecular formula is C14H16ClF5N2O2. The lowest BCUT2D eigenvalue weighted by Gasteiger charge is -2.14. The second-order valence-corrected chi connectivity index (χ2v) is 5.19. The standard InChI is InChI=1S/C14H15F5N2O2.ClH/c15-13(16)7-10(21-8-13)12(22)20-6-5-9-3-1-2-4-11(9)23-14(17,18)19;/h1-4,10,21H,5-8H2,(H,20,22);1H. The van der Waals surface area contributed by atoms with Crippen molar-refractivity contribution in [3.63, 3.8) is 0 Å². The third-order valence-electron chi connectivity index (χ3n) is 3.32. The molecule has 1 saturated heterocycles. The van der Waals surface area contributed by atoms with Gasteiger partial charge in [-0.25, -0.2) is 8.78 Å². The highest BCUT2D eigenvalue weighted by atomic mass is 35.5. The van der Waals surface area contributed by atoms with E-state index in [4.69, 9.17) is 0 Å². The number of nitrogens with one attached hydrogen (secondary N) is 2. The van der Waals surface area contributed by atoms with E-state index in [2.05, 4.69) is 15.4 Å². The molecule has 1 atom stereocenters. The normalized spacial score (nSPS) is 19.5. The number of hydrogen-bond donors (Lipinski definition) is 2. The zero-order chi connectivity index (χ0) is 17.1. The van der Waals surface area contributed by atoms with Gasteiger partial charge in [0.25, 0.3) is 5.92 Å². The summed E-state index contributed by atoms with van der Waals surface area (Å²) in [5.41, 5.74) is 0.259. The van der Waals surface area contributed by atoms with Crippen molar-refractivity contribution < 1.29 is 31.5 Å². The number of rotatable bonds is 5. The van der Waals surface area contributed by atoms with Gasteiger partial charge < -0.3 is 10.1 Å². The van der Waals surface area contributed by atoms with Crippen LogP contribution < -0.4 is 15.4 Å². The molecule has 2 N–H and O–H groups in total. The van der Waals surface area contributed by atoms with E-state index in [9.17, 15) is 26.7 Å². The minimum atomic E-state index is -4.81. The Morgan fingerprint density at radius 3 is 2.58 bits per heavy atom. The van der Waals surface area contributed by atoms with Crippen molar-refractivity contribution in [2.24, 2.45) is 0 Å². The van der Waals surface area contributed by atoms with Crippen molar-refractivity contribution in [3.05, 3.63) is 29.8 Å². The van der Waals surface area contributed by atoms with Crippen LogP contribution in [0.25, 0.3) is 0 Å². The SMILES string of the molecule is Cl.O=C(NCCc1ccccc1OC(F)(F)F)C1CC(F)(F)CN1. The van der Waals surface area contributed by atoms with Crippen LogP contribution in [0.3, 0.4) is 0 Å². The zero-order valence-electron chi connectivity index (χ0n) is 12.3. The summed E-state index contributed by atoms with van der Waals surface area (Å²) in [6, 6.07) is 4.55. The van der Waals surface area contributed by atoms with E-state index in [0.717, 1.165) is 0 Å². The quantitative estimate of drug-likeness (QED) is 0.779. The third-order valence-corrected chi connectivity index (χ3v) is 3.32. The number of ether oxygens (including phenoxy) is 1. The summed E-state index contributed by atoms with van der Waals surface area (Å²) in [5.74, 6) is -3.87. The topological polar surface area (TPSA) is 50.4 Å². The Kier molecular flexibility index (Phi) is 6.79. The molecule has 0 spiro atoms. The molecule has 1 unspecified atom stereocenters. The van der Waals surface area contributed by atoms with Crippen molar-refractivity contribution in [2.45, 2.75) is 31.2 Å². The largest absolute Gasteiger partial charge is 0.573 e. The Bertz CT molecular complexity index is 568. The van der Waals surface area contributed by atoms with E-state index in [1.54, 1.807) is 6.07 Å². The molecule has 136 valence electrons. The number of carbonyl (C=O) groups is 1. The first-order valence-corrected chi connectivity index (χ1v) is 6.89. The van der Waals surface area contributed by atoms with Crippen LogP contribution in [0.5, 0.6) is 5.75 Å². The lowest BCUT2D eigenvalue weighted by molar-refractivity contribution is -0.274. The lowest BCUT2D eigenvalue weighted by Crippen LogP contribution is -2.41. The second kappa shape index (κ2) is 7.98. The maximum Gasteiger partial charge on any atom is 0.573 e. The number of para-hydroxylation sites is 1. The van der Waals surface area contributed by atoms with Gasteiger partial charge in [-0.3, -0.25) is 10.1 Å². The van der Waals surface area contributed by atoms with Gasteiger partial charge in [0.2, 0.25) is 5.91 Å². The maximum absolute atomic E-state index is 13.0. The molecule has 0 radical (unpaired) electrons. The van der Waals surface area contributed by atoms with Crippen molar-refractivity contribution in [3.8, 4) is 5.75 Å². The van der Waals surface area contributed by atoms with Gasteiger partial charge in [-0.2, -0.15) is 0 Å². The number of carbonyl (C=O) groups excluding carboxylic acids is 1. The summed E-state index contributed by atoms with van der Waals surface area (Å²) >= 11 is 0. The number of alkyl halides is 5. The van der Waals surface area contributed by atoms with Crippen molar-refractivity contribution in [1.82, 2.24) is 10.6 Å². The number of benzene rings is 1. The second-order valence-electron chi connectivity index (χ2n) is 5.19. The van der Waals surface area contributed by atoms with Crippen LogP contribution in [0.1, 0.15) is 12.0 Å². The zero-order valence-corrected chi connectivity index (χ0v) is 13.1. The van der Waals surface area contributed by atoms with Gasteiger partial charge in [0, 0.05) is 13.0 Å². The molecule has 1 aliphatic rings. The first-order chi connectivity index (χ1) is 10.7. The summed E-state index contributed by atoms with van der Waals surface area (Å²) in [4.78, 5) is 11.7. The fourth-order valence-corrected chi connectivity index (χ4v) is 2.28. The smallest absolute Gasteiger partial charge is 0.406 e. The van der Waals surface area contributed by atoms with Gasteiger partial charge in [0.05, 0.1) is 12.6 Å². The van der Waals surface area contributed by atoms with Crippen molar-refractivity contribution in [2.75, 3.05) is 13.1 Å². The minimum absolute atomic E-state index is 0. The van der Waals surface area contributed by atoms with Crippen LogP contribution >= 0.6 is 12.4 Å². The van der Waals surface area contributed by atoms with E-state index >= 15 is 0 Å². The monoisotopic (exact) mass is 374 g/mol.